The van der Waals surface area contributed by atoms with Crippen molar-refractivity contribution in [1.82, 2.24) is 9.97 Å². The van der Waals surface area contributed by atoms with Crippen LogP contribution in [0.5, 0.6) is 0 Å². The average molecular weight is 262 g/mol. The third-order valence-corrected chi connectivity index (χ3v) is 4.03. The van der Waals surface area contributed by atoms with Crippen LogP contribution in [-0.4, -0.2) is 29.6 Å². The highest BCUT2D eigenvalue weighted by Crippen LogP contribution is 2.30. The summed E-state index contributed by atoms with van der Waals surface area (Å²) in [6, 6.07) is 0.652. The topological polar surface area (TPSA) is 41.1 Å². The predicted octanol–water partition coefficient (Wildman–Crippen LogP) is 3.24. The second-order valence-corrected chi connectivity index (χ2v) is 5.35. The van der Waals surface area contributed by atoms with Crippen molar-refractivity contribution in [2.24, 2.45) is 0 Å². The fourth-order valence-electron chi connectivity index (χ4n) is 2.89. The third kappa shape index (κ3) is 3.17. The van der Waals surface area contributed by atoms with Crippen LogP contribution < -0.4 is 10.2 Å². The molecule has 2 rings (SSSR count). The quantitative estimate of drug-likeness (QED) is 0.854. The first-order valence-corrected chi connectivity index (χ1v) is 7.58. The van der Waals surface area contributed by atoms with Crippen molar-refractivity contribution < 1.29 is 0 Å². The van der Waals surface area contributed by atoms with Crippen molar-refractivity contribution in [3.8, 4) is 0 Å². The van der Waals surface area contributed by atoms with Gasteiger partial charge in [0, 0.05) is 25.2 Å². The molecule has 0 atom stereocenters. The van der Waals surface area contributed by atoms with E-state index >= 15 is 0 Å². The van der Waals surface area contributed by atoms with Crippen molar-refractivity contribution in [1.29, 1.82) is 0 Å². The maximum Gasteiger partial charge on any atom is 0.137 e. The van der Waals surface area contributed by atoms with Gasteiger partial charge in [-0.25, -0.2) is 9.97 Å². The van der Waals surface area contributed by atoms with Gasteiger partial charge in [0.1, 0.15) is 18.0 Å². The van der Waals surface area contributed by atoms with Gasteiger partial charge in [0.25, 0.3) is 0 Å². The summed E-state index contributed by atoms with van der Waals surface area (Å²) in [6.07, 6.45) is 9.06. The number of hydrogen-bond acceptors (Lipinski definition) is 4. The van der Waals surface area contributed by atoms with Crippen LogP contribution >= 0.6 is 0 Å². The predicted molar refractivity (Wildman–Crippen MR) is 80.8 cm³/mol. The van der Waals surface area contributed by atoms with Gasteiger partial charge in [-0.1, -0.05) is 26.7 Å². The maximum absolute atomic E-state index is 4.54. The highest BCUT2D eigenvalue weighted by Gasteiger charge is 2.23. The van der Waals surface area contributed by atoms with Crippen molar-refractivity contribution in [3.05, 3.63) is 11.9 Å². The Labute approximate surface area is 116 Å². The number of rotatable bonds is 6. The van der Waals surface area contributed by atoms with Crippen molar-refractivity contribution in [2.75, 3.05) is 23.8 Å². The standard InChI is InChI=1S/C15H26N4/c1-4-10-16-14-13(5-2)15(18-11-17-14)19(3)12-8-6-7-9-12/h11-12H,4-10H2,1-3H3,(H,16,17,18). The number of hydrogen-bond donors (Lipinski definition) is 1. The Balaban J connectivity index is 2.22. The largest absolute Gasteiger partial charge is 0.370 e. The molecule has 1 heterocycles. The van der Waals surface area contributed by atoms with E-state index in [-0.39, 0.29) is 0 Å². The molecular formula is C15H26N4. The van der Waals surface area contributed by atoms with Crippen LogP contribution in [0.4, 0.5) is 11.6 Å². The molecule has 4 heteroatoms. The van der Waals surface area contributed by atoms with Crippen LogP contribution in [0.15, 0.2) is 6.33 Å². The molecule has 0 amide bonds. The minimum atomic E-state index is 0.652. The van der Waals surface area contributed by atoms with Gasteiger partial charge in [0.15, 0.2) is 0 Å². The van der Waals surface area contributed by atoms with Crippen molar-refractivity contribution in [3.63, 3.8) is 0 Å². The second kappa shape index (κ2) is 6.73. The third-order valence-electron chi connectivity index (χ3n) is 4.03. The van der Waals surface area contributed by atoms with E-state index in [0.717, 1.165) is 31.0 Å². The maximum atomic E-state index is 4.54. The van der Waals surface area contributed by atoms with Crippen LogP contribution in [0.2, 0.25) is 0 Å². The van der Waals surface area contributed by atoms with E-state index in [4.69, 9.17) is 0 Å². The van der Waals surface area contributed by atoms with Gasteiger partial charge in [-0.05, 0) is 25.7 Å². The normalized spacial score (nSPS) is 15.7. The summed E-state index contributed by atoms with van der Waals surface area (Å²) in [5.74, 6) is 2.13. The Morgan fingerprint density at radius 3 is 2.63 bits per heavy atom. The summed E-state index contributed by atoms with van der Waals surface area (Å²) in [5.41, 5.74) is 1.25. The first-order valence-electron chi connectivity index (χ1n) is 7.58. The Morgan fingerprint density at radius 1 is 1.26 bits per heavy atom. The molecule has 1 N–H and O–H groups in total. The van der Waals surface area contributed by atoms with Crippen LogP contribution in [0.3, 0.4) is 0 Å². The van der Waals surface area contributed by atoms with Crippen LogP contribution in [0.1, 0.15) is 51.5 Å². The molecule has 0 bridgehead atoms. The molecule has 106 valence electrons. The van der Waals surface area contributed by atoms with Crippen LogP contribution in [-0.2, 0) is 6.42 Å². The highest BCUT2D eigenvalue weighted by molar-refractivity contribution is 5.59. The average Bonchev–Trinajstić information content (AvgIpc) is 2.97. The molecule has 0 aromatic carbocycles. The molecule has 1 aromatic heterocycles. The SMILES string of the molecule is CCCNc1ncnc(N(C)C2CCCC2)c1CC. The van der Waals surface area contributed by atoms with E-state index in [2.05, 4.69) is 41.1 Å². The van der Waals surface area contributed by atoms with E-state index < -0.39 is 0 Å². The zero-order valence-corrected chi connectivity index (χ0v) is 12.4. The Kier molecular flexibility index (Phi) is 5.00. The molecule has 19 heavy (non-hydrogen) atoms. The van der Waals surface area contributed by atoms with Gasteiger partial charge in [-0.2, -0.15) is 0 Å². The van der Waals surface area contributed by atoms with Gasteiger partial charge < -0.3 is 10.2 Å². The lowest BCUT2D eigenvalue weighted by molar-refractivity contribution is 0.642. The van der Waals surface area contributed by atoms with E-state index in [0.29, 0.717) is 6.04 Å². The summed E-state index contributed by atoms with van der Waals surface area (Å²) in [6.45, 7) is 5.32. The molecule has 1 aliphatic rings. The monoisotopic (exact) mass is 262 g/mol. The van der Waals surface area contributed by atoms with Crippen molar-refractivity contribution in [2.45, 2.75) is 58.4 Å². The van der Waals surface area contributed by atoms with Gasteiger partial charge in [0.2, 0.25) is 0 Å². The first kappa shape index (κ1) is 14.1. The van der Waals surface area contributed by atoms with Gasteiger partial charge >= 0.3 is 0 Å². The van der Waals surface area contributed by atoms with E-state index in [1.54, 1.807) is 6.33 Å². The molecule has 0 spiro atoms. The lowest BCUT2D eigenvalue weighted by atomic mass is 10.1. The Morgan fingerprint density at radius 2 is 2.00 bits per heavy atom. The summed E-state index contributed by atoms with van der Waals surface area (Å²) < 4.78 is 0. The number of anilines is 2. The fourth-order valence-corrected chi connectivity index (χ4v) is 2.89. The molecule has 1 aliphatic carbocycles. The van der Waals surface area contributed by atoms with Gasteiger partial charge in [-0.15, -0.1) is 0 Å². The van der Waals surface area contributed by atoms with Crippen LogP contribution in [0.25, 0.3) is 0 Å². The lowest BCUT2D eigenvalue weighted by Crippen LogP contribution is -2.31. The molecule has 1 aromatic rings. The summed E-state index contributed by atoms with van der Waals surface area (Å²) >= 11 is 0. The Hall–Kier alpha value is -1.32. The summed E-state index contributed by atoms with van der Waals surface area (Å²) in [7, 11) is 2.18. The molecule has 0 saturated heterocycles. The number of nitrogens with one attached hydrogen (secondary N) is 1. The number of nitrogens with zero attached hydrogens (tertiary/aromatic N) is 3. The molecular weight excluding hydrogens is 236 g/mol. The molecule has 0 aliphatic heterocycles. The second-order valence-electron chi connectivity index (χ2n) is 5.35. The molecule has 1 fully saturated rings. The van der Waals surface area contributed by atoms with E-state index in [9.17, 15) is 0 Å². The van der Waals surface area contributed by atoms with Gasteiger partial charge in [0.05, 0.1) is 0 Å². The first-order chi connectivity index (χ1) is 9.27. The zero-order valence-electron chi connectivity index (χ0n) is 12.4. The van der Waals surface area contributed by atoms with Crippen molar-refractivity contribution >= 4 is 11.6 Å². The van der Waals surface area contributed by atoms with Crippen LogP contribution in [0, 0.1) is 0 Å². The summed E-state index contributed by atoms with van der Waals surface area (Å²) in [5, 5.41) is 3.42. The minimum Gasteiger partial charge on any atom is -0.370 e. The van der Waals surface area contributed by atoms with Gasteiger partial charge in [-0.3, -0.25) is 0 Å². The smallest absolute Gasteiger partial charge is 0.137 e. The molecule has 4 nitrogen and oxygen atoms in total. The lowest BCUT2D eigenvalue weighted by Gasteiger charge is -2.28. The molecule has 0 unspecified atom stereocenters. The zero-order chi connectivity index (χ0) is 13.7. The molecule has 1 saturated carbocycles. The Bertz CT molecular complexity index is 399. The number of aromatic nitrogens is 2. The minimum absolute atomic E-state index is 0.652. The molecule has 0 radical (unpaired) electrons. The van der Waals surface area contributed by atoms with E-state index in [1.165, 1.54) is 31.2 Å². The summed E-state index contributed by atoms with van der Waals surface area (Å²) in [4.78, 5) is 11.3. The fraction of sp³-hybridized carbons (Fsp3) is 0.733. The highest BCUT2D eigenvalue weighted by atomic mass is 15.2. The van der Waals surface area contributed by atoms with E-state index in [1.807, 2.05) is 0 Å².